The molecule has 3 aromatic heterocycles. The van der Waals surface area contributed by atoms with Crippen molar-refractivity contribution in [2.45, 2.75) is 33.2 Å². The molecular formula is C19H20FN7O2S. The number of fused-ring (bicyclic) bond motifs is 1. The quantitative estimate of drug-likeness (QED) is 0.520. The number of anilines is 1. The number of aryl methyl sites for hydroxylation is 1. The predicted octanol–water partition coefficient (Wildman–Crippen LogP) is 2.82. The Morgan fingerprint density at radius 3 is 2.63 bits per heavy atom. The van der Waals surface area contributed by atoms with E-state index in [1.807, 2.05) is 25.4 Å². The molecule has 0 aliphatic heterocycles. The van der Waals surface area contributed by atoms with Crippen LogP contribution < -0.4 is 5.32 Å². The van der Waals surface area contributed by atoms with Crippen molar-refractivity contribution in [2.24, 2.45) is 0 Å². The van der Waals surface area contributed by atoms with Gasteiger partial charge in [0.05, 0.1) is 11.9 Å². The second kappa shape index (κ2) is 9.35. The van der Waals surface area contributed by atoms with Crippen LogP contribution in [0, 0.1) is 12.7 Å². The van der Waals surface area contributed by atoms with Gasteiger partial charge in [0, 0.05) is 24.5 Å². The Bertz CT molecular complexity index is 1190. The number of rotatable bonds is 5. The summed E-state index contributed by atoms with van der Waals surface area (Å²) in [6.45, 7) is 6.42. The molecule has 4 aromatic rings. The second-order valence-corrected chi connectivity index (χ2v) is 6.87. The number of nitrogens with zero attached hydrogens (tertiary/aromatic N) is 6. The van der Waals surface area contributed by atoms with Crippen LogP contribution >= 0.6 is 0 Å². The average molecular weight is 429 g/mol. The zero-order valence-electron chi connectivity index (χ0n) is 16.6. The second-order valence-electron chi connectivity index (χ2n) is 6.73. The molecular weight excluding hydrogens is 409 g/mol. The molecule has 0 radical (unpaired) electrons. The van der Waals surface area contributed by atoms with E-state index in [2.05, 4.69) is 39.3 Å². The molecule has 0 bridgehead atoms. The van der Waals surface area contributed by atoms with Gasteiger partial charge >= 0.3 is 11.6 Å². The lowest BCUT2D eigenvalue weighted by Gasteiger charge is -2.13. The van der Waals surface area contributed by atoms with Crippen LogP contribution in [0.15, 0.2) is 42.9 Å². The average Bonchev–Trinajstić information content (AvgIpc) is 3.36. The lowest BCUT2D eigenvalue weighted by molar-refractivity contribution is 0.624. The predicted molar refractivity (Wildman–Crippen MR) is 109 cm³/mol. The molecule has 4 rings (SSSR count). The third kappa shape index (κ3) is 4.57. The highest BCUT2D eigenvalue weighted by Gasteiger charge is 2.14. The maximum Gasteiger partial charge on any atom is 0.335 e. The Morgan fingerprint density at radius 1 is 1.20 bits per heavy atom. The molecule has 0 amide bonds. The van der Waals surface area contributed by atoms with Gasteiger partial charge in [-0.05, 0) is 42.7 Å². The standard InChI is InChI=1S/C19H20FN7.O2S/c1-12(2)16-11-23-27-18(16)24-13(3)25-19(27)21-10-14-9-15(20)5-6-17(14)26-8-4-7-22-26;1-3-2/h4-9,11-12H,10H2,1-3H3,(H,21,24,25);. The van der Waals surface area contributed by atoms with Gasteiger partial charge in [-0.2, -0.15) is 28.1 Å². The van der Waals surface area contributed by atoms with E-state index >= 15 is 0 Å². The van der Waals surface area contributed by atoms with Crippen LogP contribution in [-0.2, 0) is 18.1 Å². The van der Waals surface area contributed by atoms with Crippen LogP contribution in [0.25, 0.3) is 11.3 Å². The highest BCUT2D eigenvalue weighted by molar-refractivity contribution is 7.51. The van der Waals surface area contributed by atoms with Gasteiger partial charge in [-0.3, -0.25) is 0 Å². The summed E-state index contributed by atoms with van der Waals surface area (Å²) in [5.74, 6) is 1.23. The number of hydrogen-bond donors (Lipinski definition) is 1. The van der Waals surface area contributed by atoms with Gasteiger partial charge < -0.3 is 5.32 Å². The van der Waals surface area contributed by atoms with Crippen molar-refractivity contribution in [1.82, 2.24) is 29.4 Å². The largest absolute Gasteiger partial charge is 0.350 e. The maximum atomic E-state index is 13.8. The van der Waals surface area contributed by atoms with Gasteiger partial charge in [0.1, 0.15) is 11.6 Å². The fourth-order valence-corrected chi connectivity index (χ4v) is 3.03. The lowest BCUT2D eigenvalue weighted by Crippen LogP contribution is -2.12. The summed E-state index contributed by atoms with van der Waals surface area (Å²) in [5, 5.41) is 11.9. The molecule has 30 heavy (non-hydrogen) atoms. The van der Waals surface area contributed by atoms with Crippen LogP contribution in [0.2, 0.25) is 0 Å². The molecule has 3 heterocycles. The van der Waals surface area contributed by atoms with Crippen molar-refractivity contribution in [2.75, 3.05) is 5.32 Å². The van der Waals surface area contributed by atoms with Crippen molar-refractivity contribution in [3.63, 3.8) is 0 Å². The molecule has 0 aliphatic rings. The first-order chi connectivity index (χ1) is 14.4. The third-order valence-electron chi connectivity index (χ3n) is 4.36. The van der Waals surface area contributed by atoms with E-state index in [0.717, 1.165) is 22.5 Å². The number of aromatic nitrogens is 6. The molecule has 0 atom stereocenters. The summed E-state index contributed by atoms with van der Waals surface area (Å²) in [6.07, 6.45) is 5.33. The van der Waals surface area contributed by atoms with Gasteiger partial charge in [0.25, 0.3) is 0 Å². The Hall–Kier alpha value is -3.47. The summed E-state index contributed by atoms with van der Waals surface area (Å²) >= 11 is -0.750. The minimum absolute atomic E-state index is 0.298. The molecule has 9 nitrogen and oxygen atoms in total. The van der Waals surface area contributed by atoms with E-state index < -0.39 is 11.6 Å². The molecule has 11 heteroatoms. The summed E-state index contributed by atoms with van der Waals surface area (Å²) in [6, 6.07) is 6.47. The number of halogens is 1. The topological polar surface area (TPSA) is 107 Å². The van der Waals surface area contributed by atoms with Gasteiger partial charge in [-0.25, -0.2) is 14.1 Å². The van der Waals surface area contributed by atoms with Crippen molar-refractivity contribution in [3.8, 4) is 5.69 Å². The Morgan fingerprint density at radius 2 is 1.97 bits per heavy atom. The lowest BCUT2D eigenvalue weighted by atomic mass is 10.1. The van der Waals surface area contributed by atoms with E-state index in [1.54, 1.807) is 21.5 Å². The van der Waals surface area contributed by atoms with Crippen LogP contribution in [0.1, 0.15) is 36.7 Å². The highest BCUT2D eigenvalue weighted by atomic mass is 32.1. The van der Waals surface area contributed by atoms with E-state index in [1.165, 1.54) is 12.1 Å². The van der Waals surface area contributed by atoms with Gasteiger partial charge in [-0.15, -0.1) is 0 Å². The zero-order chi connectivity index (χ0) is 21.7. The van der Waals surface area contributed by atoms with Gasteiger partial charge in [0.2, 0.25) is 5.95 Å². The third-order valence-corrected chi connectivity index (χ3v) is 4.36. The number of benzene rings is 1. The Kier molecular flexibility index (Phi) is 6.62. The van der Waals surface area contributed by atoms with Crippen LogP contribution in [0.4, 0.5) is 10.3 Å². The summed E-state index contributed by atoms with van der Waals surface area (Å²) < 4.78 is 33.8. The molecule has 0 aliphatic carbocycles. The number of hydrogen-bond acceptors (Lipinski definition) is 7. The van der Waals surface area contributed by atoms with Crippen molar-refractivity contribution >= 4 is 23.2 Å². The minimum atomic E-state index is -0.750. The van der Waals surface area contributed by atoms with Crippen LogP contribution in [0.3, 0.4) is 0 Å². The van der Waals surface area contributed by atoms with Crippen LogP contribution in [-0.4, -0.2) is 37.8 Å². The molecule has 1 aromatic carbocycles. The molecule has 0 saturated heterocycles. The smallest absolute Gasteiger partial charge is 0.335 e. The fraction of sp³-hybridized carbons (Fsp3) is 0.263. The van der Waals surface area contributed by atoms with Crippen molar-refractivity contribution < 1.29 is 12.8 Å². The SMILES string of the molecule is Cc1nc(NCc2cc(F)ccc2-n2cccn2)n2ncc(C(C)C)c2n1.O=S=O. The first kappa shape index (κ1) is 21.2. The summed E-state index contributed by atoms with van der Waals surface area (Å²) in [4.78, 5) is 8.99. The van der Waals surface area contributed by atoms with Gasteiger partial charge in [0.15, 0.2) is 5.65 Å². The van der Waals surface area contributed by atoms with E-state index in [-0.39, 0.29) is 5.82 Å². The minimum Gasteiger partial charge on any atom is -0.350 e. The molecule has 0 fully saturated rings. The molecule has 1 N–H and O–H groups in total. The zero-order valence-corrected chi connectivity index (χ0v) is 17.4. The highest BCUT2D eigenvalue weighted by Crippen LogP contribution is 2.22. The first-order valence-corrected chi connectivity index (χ1v) is 9.77. The van der Waals surface area contributed by atoms with E-state index in [4.69, 9.17) is 8.42 Å². The molecule has 156 valence electrons. The Labute approximate surface area is 175 Å². The molecule has 0 unspecified atom stereocenters. The van der Waals surface area contributed by atoms with Crippen molar-refractivity contribution in [1.29, 1.82) is 0 Å². The summed E-state index contributed by atoms with van der Waals surface area (Å²) in [5.41, 5.74) is 3.41. The normalized spacial score (nSPS) is 10.7. The van der Waals surface area contributed by atoms with Crippen molar-refractivity contribution in [3.05, 3.63) is 65.6 Å². The maximum absolute atomic E-state index is 13.8. The molecule has 0 spiro atoms. The first-order valence-electron chi connectivity index (χ1n) is 9.11. The van der Waals surface area contributed by atoms with Crippen LogP contribution in [0.5, 0.6) is 0 Å². The van der Waals surface area contributed by atoms with Gasteiger partial charge in [-0.1, -0.05) is 13.8 Å². The fourth-order valence-electron chi connectivity index (χ4n) is 3.03. The Balaban J connectivity index is 0.000000806. The summed E-state index contributed by atoms with van der Waals surface area (Å²) in [7, 11) is 0. The monoisotopic (exact) mass is 429 g/mol. The molecule has 0 saturated carbocycles. The van der Waals surface area contributed by atoms with E-state index in [0.29, 0.717) is 24.2 Å². The number of nitrogens with one attached hydrogen (secondary N) is 1. The van der Waals surface area contributed by atoms with E-state index in [9.17, 15) is 4.39 Å².